The molecule has 1 aromatic heterocycles. The minimum atomic E-state index is -3.24. The average molecular weight is 377 g/mol. The maximum Gasteiger partial charge on any atom is 0.268 e. The van der Waals surface area contributed by atoms with Gasteiger partial charge in [0.25, 0.3) is 5.91 Å². The first-order chi connectivity index (χ1) is 11.8. The second-order valence-corrected chi connectivity index (χ2v) is 8.34. The molecule has 1 amide bonds. The lowest BCUT2D eigenvalue weighted by molar-refractivity contribution is 0.0935. The first-order valence-electron chi connectivity index (χ1n) is 7.64. The van der Waals surface area contributed by atoms with Gasteiger partial charge in [0.05, 0.1) is 10.9 Å². The molecule has 0 saturated carbocycles. The van der Waals surface area contributed by atoms with Crippen molar-refractivity contribution in [1.82, 2.24) is 10.3 Å². The number of aromatic nitrogens is 1. The number of benzene rings is 2. The van der Waals surface area contributed by atoms with E-state index in [1.807, 2.05) is 19.1 Å². The van der Waals surface area contributed by atoms with E-state index in [4.69, 9.17) is 11.6 Å². The molecular formula is C18H17ClN2O3S. The molecule has 0 bridgehead atoms. The number of carbonyl (C=O) groups is 1. The SMILES string of the molecule is C[C@H](NC(=O)c1cc2c(Cl)cccc2[nH]1)c1ccc(S(C)(=O)=O)cc1. The summed E-state index contributed by atoms with van der Waals surface area (Å²) in [5, 5.41) is 4.26. The van der Waals surface area contributed by atoms with Crippen LogP contribution in [0.25, 0.3) is 10.9 Å². The van der Waals surface area contributed by atoms with E-state index < -0.39 is 9.84 Å². The Balaban J connectivity index is 1.78. The Labute approximate surface area is 150 Å². The van der Waals surface area contributed by atoms with Gasteiger partial charge < -0.3 is 10.3 Å². The fraction of sp³-hybridized carbons (Fsp3) is 0.167. The van der Waals surface area contributed by atoms with Gasteiger partial charge in [0.1, 0.15) is 5.69 Å². The molecule has 130 valence electrons. The molecule has 0 saturated heterocycles. The molecule has 0 aliphatic carbocycles. The zero-order valence-electron chi connectivity index (χ0n) is 13.7. The third kappa shape index (κ3) is 3.70. The smallest absolute Gasteiger partial charge is 0.268 e. The normalized spacial score (nSPS) is 12.9. The number of aromatic amines is 1. The largest absolute Gasteiger partial charge is 0.350 e. The number of H-pyrrole nitrogens is 1. The minimum absolute atomic E-state index is 0.250. The standard InChI is InChI=1S/C18H17ClN2O3S/c1-11(12-6-8-13(9-7-12)25(2,23)24)20-18(22)17-10-14-15(19)4-3-5-16(14)21-17/h3-11,21H,1-2H3,(H,20,22)/t11-/m0/s1. The maximum atomic E-state index is 12.5. The van der Waals surface area contributed by atoms with E-state index in [0.717, 1.165) is 22.7 Å². The van der Waals surface area contributed by atoms with Crippen LogP contribution in [0, 0.1) is 0 Å². The summed E-state index contributed by atoms with van der Waals surface area (Å²) in [7, 11) is -3.24. The minimum Gasteiger partial charge on any atom is -0.350 e. The number of hydrogen-bond acceptors (Lipinski definition) is 3. The Hall–Kier alpha value is -2.31. The van der Waals surface area contributed by atoms with Crippen LogP contribution in [0.15, 0.2) is 53.4 Å². The summed E-state index contributed by atoms with van der Waals surface area (Å²) in [4.78, 5) is 15.8. The van der Waals surface area contributed by atoms with E-state index in [0.29, 0.717) is 10.7 Å². The van der Waals surface area contributed by atoms with Crippen LogP contribution >= 0.6 is 11.6 Å². The highest BCUT2D eigenvalue weighted by Gasteiger charge is 2.15. The summed E-state index contributed by atoms with van der Waals surface area (Å²) in [5.41, 5.74) is 2.03. The van der Waals surface area contributed by atoms with Gasteiger partial charge in [-0.15, -0.1) is 0 Å². The lowest BCUT2D eigenvalue weighted by Crippen LogP contribution is -2.26. The highest BCUT2D eigenvalue weighted by Crippen LogP contribution is 2.24. The monoisotopic (exact) mass is 376 g/mol. The van der Waals surface area contributed by atoms with E-state index in [9.17, 15) is 13.2 Å². The second kappa shape index (κ2) is 6.54. The summed E-state index contributed by atoms with van der Waals surface area (Å²) >= 11 is 6.13. The van der Waals surface area contributed by atoms with Crippen molar-refractivity contribution < 1.29 is 13.2 Å². The van der Waals surface area contributed by atoms with Crippen molar-refractivity contribution in [3.8, 4) is 0 Å². The number of halogens is 1. The molecule has 2 N–H and O–H groups in total. The Morgan fingerprint density at radius 2 is 1.84 bits per heavy atom. The van der Waals surface area contributed by atoms with Crippen LogP contribution in [0.2, 0.25) is 5.02 Å². The molecule has 7 heteroatoms. The molecule has 2 aromatic carbocycles. The average Bonchev–Trinajstić information content (AvgIpc) is 3.00. The molecule has 3 rings (SSSR count). The van der Waals surface area contributed by atoms with Gasteiger partial charge >= 0.3 is 0 Å². The fourth-order valence-corrected chi connectivity index (χ4v) is 3.46. The van der Waals surface area contributed by atoms with Gasteiger partial charge in [0.2, 0.25) is 0 Å². The quantitative estimate of drug-likeness (QED) is 0.728. The number of fused-ring (bicyclic) bond motifs is 1. The van der Waals surface area contributed by atoms with Crippen LogP contribution in [0.3, 0.4) is 0 Å². The van der Waals surface area contributed by atoms with Gasteiger partial charge in [-0.1, -0.05) is 29.8 Å². The molecule has 0 fully saturated rings. The Bertz CT molecular complexity index is 1040. The zero-order valence-corrected chi connectivity index (χ0v) is 15.3. The molecule has 5 nitrogen and oxygen atoms in total. The van der Waals surface area contributed by atoms with Gasteiger partial charge in [0.15, 0.2) is 9.84 Å². The van der Waals surface area contributed by atoms with Gasteiger partial charge in [0, 0.05) is 22.2 Å². The summed E-state index contributed by atoms with van der Waals surface area (Å²) in [6, 6.07) is 13.3. The van der Waals surface area contributed by atoms with E-state index in [2.05, 4.69) is 10.3 Å². The number of hydrogen-bond donors (Lipinski definition) is 2. The molecule has 0 aliphatic rings. The van der Waals surface area contributed by atoms with Gasteiger partial charge in [-0.2, -0.15) is 0 Å². The van der Waals surface area contributed by atoms with Crippen LogP contribution in [0.1, 0.15) is 29.0 Å². The van der Waals surface area contributed by atoms with Crippen LogP contribution < -0.4 is 5.32 Å². The summed E-state index contributed by atoms with van der Waals surface area (Å²) in [6.45, 7) is 1.84. The number of rotatable bonds is 4. The van der Waals surface area contributed by atoms with Gasteiger partial charge in [-0.25, -0.2) is 8.42 Å². The molecule has 0 aliphatic heterocycles. The molecule has 1 heterocycles. The Kier molecular flexibility index (Phi) is 4.58. The van der Waals surface area contributed by atoms with Crippen LogP contribution in [0.5, 0.6) is 0 Å². The van der Waals surface area contributed by atoms with Crippen molar-refractivity contribution in [3.63, 3.8) is 0 Å². The van der Waals surface area contributed by atoms with E-state index >= 15 is 0 Å². The van der Waals surface area contributed by atoms with Crippen molar-refractivity contribution in [2.75, 3.05) is 6.26 Å². The molecule has 0 spiro atoms. The van der Waals surface area contributed by atoms with Gasteiger partial charge in [-0.3, -0.25) is 4.79 Å². The second-order valence-electron chi connectivity index (χ2n) is 5.92. The number of sulfone groups is 1. The number of amides is 1. The molecule has 0 unspecified atom stereocenters. The van der Waals surface area contributed by atoms with Gasteiger partial charge in [-0.05, 0) is 42.8 Å². The highest BCUT2D eigenvalue weighted by molar-refractivity contribution is 7.90. The molecular weight excluding hydrogens is 360 g/mol. The van der Waals surface area contributed by atoms with Crippen molar-refractivity contribution in [3.05, 3.63) is 64.8 Å². The summed E-state index contributed by atoms with van der Waals surface area (Å²) in [6.07, 6.45) is 1.16. The Morgan fingerprint density at radius 3 is 2.44 bits per heavy atom. The number of nitrogens with one attached hydrogen (secondary N) is 2. The van der Waals surface area contributed by atoms with Crippen LogP contribution in [0.4, 0.5) is 0 Å². The topological polar surface area (TPSA) is 79.0 Å². The van der Waals surface area contributed by atoms with Crippen molar-refractivity contribution in [2.45, 2.75) is 17.9 Å². The lowest BCUT2D eigenvalue weighted by Gasteiger charge is -2.14. The third-order valence-corrected chi connectivity index (χ3v) is 5.47. The van der Waals surface area contributed by atoms with Crippen LogP contribution in [-0.4, -0.2) is 25.6 Å². The highest BCUT2D eigenvalue weighted by atomic mass is 35.5. The van der Waals surface area contributed by atoms with E-state index in [1.165, 1.54) is 12.1 Å². The Morgan fingerprint density at radius 1 is 1.16 bits per heavy atom. The predicted octanol–water partition coefficient (Wildman–Crippen LogP) is 3.72. The molecule has 1 atom stereocenters. The summed E-state index contributed by atoms with van der Waals surface area (Å²) < 4.78 is 23.0. The molecule has 0 radical (unpaired) electrons. The van der Waals surface area contributed by atoms with Crippen molar-refractivity contribution >= 4 is 38.2 Å². The zero-order chi connectivity index (χ0) is 18.2. The molecule has 3 aromatic rings. The summed E-state index contributed by atoms with van der Waals surface area (Å²) in [5.74, 6) is -0.257. The third-order valence-electron chi connectivity index (χ3n) is 4.01. The maximum absolute atomic E-state index is 12.5. The lowest BCUT2D eigenvalue weighted by atomic mass is 10.1. The van der Waals surface area contributed by atoms with E-state index in [-0.39, 0.29) is 16.8 Å². The molecule has 25 heavy (non-hydrogen) atoms. The number of carbonyl (C=O) groups excluding carboxylic acids is 1. The van der Waals surface area contributed by atoms with Crippen LogP contribution in [-0.2, 0) is 9.84 Å². The van der Waals surface area contributed by atoms with Crippen molar-refractivity contribution in [1.29, 1.82) is 0 Å². The predicted molar refractivity (Wildman–Crippen MR) is 98.7 cm³/mol. The first kappa shape index (κ1) is 17.5. The van der Waals surface area contributed by atoms with E-state index in [1.54, 1.807) is 24.3 Å². The fourth-order valence-electron chi connectivity index (χ4n) is 2.60. The first-order valence-corrected chi connectivity index (χ1v) is 9.91. The van der Waals surface area contributed by atoms with Crippen molar-refractivity contribution in [2.24, 2.45) is 0 Å².